The highest BCUT2D eigenvalue weighted by molar-refractivity contribution is 5.55. The lowest BCUT2D eigenvalue weighted by molar-refractivity contribution is 0.122. The first-order valence-electron chi connectivity index (χ1n) is 7.69. The lowest BCUT2D eigenvalue weighted by Gasteiger charge is -2.29. The van der Waals surface area contributed by atoms with Crippen molar-refractivity contribution in [3.8, 4) is 0 Å². The Balaban J connectivity index is 1.57. The number of morpholine rings is 1. The molecule has 2 fully saturated rings. The van der Waals surface area contributed by atoms with Crippen molar-refractivity contribution >= 4 is 11.4 Å². The second-order valence-corrected chi connectivity index (χ2v) is 5.53. The number of anilines is 2. The molecule has 1 atom stereocenters. The summed E-state index contributed by atoms with van der Waals surface area (Å²) in [5.74, 6) is 0. The molecule has 0 bridgehead atoms. The first kappa shape index (κ1) is 13.7. The standard InChI is InChI=1S/C16H24N2O2/c1-2-14(7-11-19-10-1)17-15-3-5-16(6-4-15)18-8-12-20-13-9-18/h3-6,14,17H,1-2,7-13H2. The Labute approximate surface area is 121 Å². The van der Waals surface area contributed by atoms with Crippen LogP contribution in [0.25, 0.3) is 0 Å². The summed E-state index contributed by atoms with van der Waals surface area (Å²) in [6, 6.07) is 9.35. The summed E-state index contributed by atoms with van der Waals surface area (Å²) in [7, 11) is 0. The van der Waals surface area contributed by atoms with Crippen LogP contribution in [0.15, 0.2) is 24.3 Å². The van der Waals surface area contributed by atoms with Crippen molar-refractivity contribution in [2.75, 3.05) is 49.7 Å². The van der Waals surface area contributed by atoms with Gasteiger partial charge in [-0.1, -0.05) is 0 Å². The van der Waals surface area contributed by atoms with Gasteiger partial charge in [-0.3, -0.25) is 0 Å². The summed E-state index contributed by atoms with van der Waals surface area (Å²) < 4.78 is 10.9. The van der Waals surface area contributed by atoms with Crippen molar-refractivity contribution in [3.05, 3.63) is 24.3 Å². The molecule has 0 saturated carbocycles. The average Bonchev–Trinajstić information content (AvgIpc) is 2.78. The van der Waals surface area contributed by atoms with Crippen LogP contribution < -0.4 is 10.2 Å². The maximum atomic E-state index is 5.50. The fourth-order valence-corrected chi connectivity index (χ4v) is 2.87. The molecule has 0 aromatic heterocycles. The normalized spacial score (nSPS) is 24.2. The van der Waals surface area contributed by atoms with Crippen LogP contribution in [-0.2, 0) is 9.47 Å². The van der Waals surface area contributed by atoms with Gasteiger partial charge in [0.15, 0.2) is 0 Å². The van der Waals surface area contributed by atoms with E-state index in [4.69, 9.17) is 9.47 Å². The van der Waals surface area contributed by atoms with E-state index < -0.39 is 0 Å². The summed E-state index contributed by atoms with van der Waals surface area (Å²) in [5.41, 5.74) is 2.51. The summed E-state index contributed by atoms with van der Waals surface area (Å²) in [4.78, 5) is 2.38. The van der Waals surface area contributed by atoms with Gasteiger partial charge in [-0.05, 0) is 43.5 Å². The van der Waals surface area contributed by atoms with Gasteiger partial charge in [0.05, 0.1) is 13.2 Å². The Bertz CT molecular complexity index is 393. The molecule has 0 amide bonds. The molecule has 1 unspecified atom stereocenters. The highest BCUT2D eigenvalue weighted by Gasteiger charge is 2.13. The van der Waals surface area contributed by atoms with Crippen LogP contribution in [-0.4, -0.2) is 45.6 Å². The maximum Gasteiger partial charge on any atom is 0.0642 e. The highest BCUT2D eigenvalue weighted by Crippen LogP contribution is 2.21. The smallest absolute Gasteiger partial charge is 0.0642 e. The van der Waals surface area contributed by atoms with E-state index >= 15 is 0 Å². The van der Waals surface area contributed by atoms with E-state index in [1.807, 2.05) is 0 Å². The first-order valence-corrected chi connectivity index (χ1v) is 7.69. The molecule has 0 radical (unpaired) electrons. The second-order valence-electron chi connectivity index (χ2n) is 5.53. The minimum absolute atomic E-state index is 0.548. The van der Waals surface area contributed by atoms with Gasteiger partial charge in [0.25, 0.3) is 0 Å². The van der Waals surface area contributed by atoms with Crippen LogP contribution >= 0.6 is 0 Å². The van der Waals surface area contributed by atoms with E-state index in [1.165, 1.54) is 17.8 Å². The summed E-state index contributed by atoms with van der Waals surface area (Å²) in [6.07, 6.45) is 3.46. The Kier molecular flexibility index (Phi) is 4.77. The maximum absolute atomic E-state index is 5.50. The van der Waals surface area contributed by atoms with Gasteiger partial charge in [-0.15, -0.1) is 0 Å². The predicted octanol–water partition coefficient (Wildman–Crippen LogP) is 2.50. The van der Waals surface area contributed by atoms with E-state index in [-0.39, 0.29) is 0 Å². The molecule has 0 spiro atoms. The van der Waals surface area contributed by atoms with Crippen LogP contribution in [0.5, 0.6) is 0 Å². The zero-order chi connectivity index (χ0) is 13.6. The topological polar surface area (TPSA) is 33.7 Å². The fraction of sp³-hybridized carbons (Fsp3) is 0.625. The molecule has 0 aliphatic carbocycles. The quantitative estimate of drug-likeness (QED) is 0.919. The largest absolute Gasteiger partial charge is 0.382 e. The molecule has 1 aromatic rings. The summed E-state index contributed by atoms with van der Waals surface area (Å²) in [6.45, 7) is 5.45. The molecule has 2 heterocycles. The Hall–Kier alpha value is -1.26. The first-order chi connectivity index (χ1) is 9.92. The third kappa shape index (κ3) is 3.64. The van der Waals surface area contributed by atoms with Crippen LogP contribution in [0.3, 0.4) is 0 Å². The van der Waals surface area contributed by atoms with E-state index in [1.54, 1.807) is 0 Å². The molecule has 110 valence electrons. The number of rotatable bonds is 3. The molecule has 2 saturated heterocycles. The molecule has 1 aromatic carbocycles. The molecular formula is C16H24N2O2. The van der Waals surface area contributed by atoms with Gasteiger partial charge in [0.1, 0.15) is 0 Å². The number of hydrogen-bond acceptors (Lipinski definition) is 4. The number of hydrogen-bond donors (Lipinski definition) is 1. The Morgan fingerprint density at radius 1 is 0.900 bits per heavy atom. The predicted molar refractivity (Wildman–Crippen MR) is 81.6 cm³/mol. The molecule has 4 nitrogen and oxygen atoms in total. The van der Waals surface area contributed by atoms with Crippen LogP contribution in [0, 0.1) is 0 Å². The monoisotopic (exact) mass is 276 g/mol. The Morgan fingerprint density at radius 3 is 2.45 bits per heavy atom. The SMILES string of the molecule is c1cc(N2CCOCC2)ccc1NC1CCCOCC1. The number of ether oxygens (including phenoxy) is 2. The van der Waals surface area contributed by atoms with E-state index in [0.717, 1.165) is 52.4 Å². The van der Waals surface area contributed by atoms with Crippen molar-refractivity contribution in [1.29, 1.82) is 0 Å². The lowest BCUT2D eigenvalue weighted by Crippen LogP contribution is -2.36. The zero-order valence-electron chi connectivity index (χ0n) is 12.0. The molecule has 20 heavy (non-hydrogen) atoms. The van der Waals surface area contributed by atoms with Crippen molar-refractivity contribution in [2.45, 2.75) is 25.3 Å². The molecule has 3 rings (SSSR count). The summed E-state index contributed by atoms with van der Waals surface area (Å²) >= 11 is 0. The third-order valence-corrected chi connectivity index (χ3v) is 4.07. The van der Waals surface area contributed by atoms with Gasteiger partial charge >= 0.3 is 0 Å². The minimum Gasteiger partial charge on any atom is -0.382 e. The molecule has 4 heteroatoms. The highest BCUT2D eigenvalue weighted by atomic mass is 16.5. The molecule has 2 aliphatic rings. The fourth-order valence-electron chi connectivity index (χ4n) is 2.87. The van der Waals surface area contributed by atoms with Gasteiger partial charge in [0, 0.05) is 43.7 Å². The Morgan fingerprint density at radius 2 is 1.65 bits per heavy atom. The second kappa shape index (κ2) is 6.95. The number of benzene rings is 1. The average molecular weight is 276 g/mol. The minimum atomic E-state index is 0.548. The number of nitrogens with one attached hydrogen (secondary N) is 1. The van der Waals surface area contributed by atoms with Crippen molar-refractivity contribution in [1.82, 2.24) is 0 Å². The molecular weight excluding hydrogens is 252 g/mol. The zero-order valence-corrected chi connectivity index (χ0v) is 12.0. The third-order valence-electron chi connectivity index (χ3n) is 4.07. The van der Waals surface area contributed by atoms with Crippen LogP contribution in [0.4, 0.5) is 11.4 Å². The lowest BCUT2D eigenvalue weighted by atomic mass is 10.1. The van der Waals surface area contributed by atoms with Crippen molar-refractivity contribution in [2.24, 2.45) is 0 Å². The van der Waals surface area contributed by atoms with Crippen molar-refractivity contribution < 1.29 is 9.47 Å². The van der Waals surface area contributed by atoms with E-state index in [0.29, 0.717) is 6.04 Å². The van der Waals surface area contributed by atoms with Gasteiger partial charge in [-0.2, -0.15) is 0 Å². The van der Waals surface area contributed by atoms with E-state index in [9.17, 15) is 0 Å². The van der Waals surface area contributed by atoms with E-state index in [2.05, 4.69) is 34.5 Å². The van der Waals surface area contributed by atoms with Crippen LogP contribution in [0.2, 0.25) is 0 Å². The van der Waals surface area contributed by atoms with Gasteiger partial charge in [0.2, 0.25) is 0 Å². The molecule has 1 N–H and O–H groups in total. The van der Waals surface area contributed by atoms with Crippen molar-refractivity contribution in [3.63, 3.8) is 0 Å². The van der Waals surface area contributed by atoms with Crippen LogP contribution in [0.1, 0.15) is 19.3 Å². The number of nitrogens with zero attached hydrogens (tertiary/aromatic N) is 1. The van der Waals surface area contributed by atoms with Gasteiger partial charge in [-0.25, -0.2) is 0 Å². The summed E-state index contributed by atoms with van der Waals surface area (Å²) in [5, 5.41) is 3.63. The van der Waals surface area contributed by atoms with Gasteiger partial charge < -0.3 is 19.7 Å². The molecule has 2 aliphatic heterocycles.